The number of rotatable bonds is 5. The van der Waals surface area contributed by atoms with E-state index in [-0.39, 0.29) is 0 Å². The maximum absolute atomic E-state index is 11.4. The van der Waals surface area contributed by atoms with E-state index >= 15 is 0 Å². The van der Waals surface area contributed by atoms with Crippen LogP contribution in [0.5, 0.6) is 0 Å². The number of nitrogens with one attached hydrogen (secondary N) is 1. The van der Waals surface area contributed by atoms with Gasteiger partial charge >= 0.3 is 12.1 Å². The second kappa shape index (κ2) is 6.51. The first-order valence-corrected chi connectivity index (χ1v) is 9.26. The highest BCUT2D eigenvalue weighted by Crippen LogP contribution is 2.48. The van der Waals surface area contributed by atoms with Gasteiger partial charge in [-0.25, -0.2) is 9.78 Å². The summed E-state index contributed by atoms with van der Waals surface area (Å²) in [7, 11) is 0. The van der Waals surface area contributed by atoms with E-state index in [1.165, 1.54) is 11.3 Å². The smallest absolute Gasteiger partial charge is 0.410 e. The third kappa shape index (κ3) is 3.17. The topological polar surface area (TPSA) is 99.5 Å². The Bertz CT molecular complexity index is 1010. The highest BCUT2D eigenvalue weighted by molar-refractivity contribution is 7.13. The Labute approximate surface area is 159 Å². The van der Waals surface area contributed by atoms with Crippen molar-refractivity contribution in [2.24, 2.45) is 0 Å². The first-order chi connectivity index (χ1) is 13.0. The lowest BCUT2D eigenvalue weighted by Crippen LogP contribution is -2.19. The molecule has 0 unspecified atom stereocenters. The summed E-state index contributed by atoms with van der Waals surface area (Å²) in [6.07, 6.45) is 0.240. The minimum absolute atomic E-state index is 0.327. The second-order valence-corrected chi connectivity index (χ2v) is 7.36. The first kappa shape index (κ1) is 17.2. The van der Waals surface area contributed by atoms with Crippen LogP contribution in [0.15, 0.2) is 54.0 Å². The zero-order valence-corrected chi connectivity index (χ0v) is 15.0. The van der Waals surface area contributed by atoms with Crippen LogP contribution in [-0.2, 0) is 10.2 Å². The number of hydrogen-bond donors (Lipinski definition) is 3. The molecule has 0 radical (unpaired) electrons. The standard InChI is InChI=1S/C20H16N2O4S/c23-18(24)20(9-10-20)15-7-5-13(6-8-15)12-1-3-14(4-2-12)16-17(21-11-27-16)22-19(25)26/h1-8,11,22H,9-10H2,(H,23,24)(H,25,26). The molecule has 0 atom stereocenters. The molecule has 1 aliphatic rings. The molecule has 1 aromatic heterocycles. The monoisotopic (exact) mass is 380 g/mol. The highest BCUT2D eigenvalue weighted by atomic mass is 32.1. The molecule has 1 amide bonds. The Morgan fingerprint density at radius 1 is 0.926 bits per heavy atom. The van der Waals surface area contributed by atoms with Gasteiger partial charge in [-0.3, -0.25) is 10.1 Å². The summed E-state index contributed by atoms with van der Waals surface area (Å²) in [6.45, 7) is 0. The molecule has 7 heteroatoms. The lowest BCUT2D eigenvalue weighted by atomic mass is 9.93. The molecular weight excluding hydrogens is 364 g/mol. The number of nitrogens with zero attached hydrogens (tertiary/aromatic N) is 1. The van der Waals surface area contributed by atoms with E-state index in [1.54, 1.807) is 5.51 Å². The molecule has 4 rings (SSSR count). The third-order valence-electron chi connectivity index (χ3n) is 4.87. The Balaban J connectivity index is 1.57. The van der Waals surface area contributed by atoms with Gasteiger partial charge in [0.1, 0.15) is 0 Å². The first-order valence-electron chi connectivity index (χ1n) is 8.38. The zero-order chi connectivity index (χ0) is 19.0. The van der Waals surface area contributed by atoms with Gasteiger partial charge in [-0.05, 0) is 35.1 Å². The average Bonchev–Trinajstić information content (AvgIpc) is 3.36. The Hall–Kier alpha value is -3.19. The van der Waals surface area contributed by atoms with Crippen LogP contribution in [-0.4, -0.2) is 27.3 Å². The highest BCUT2D eigenvalue weighted by Gasteiger charge is 2.51. The van der Waals surface area contributed by atoms with Crippen molar-refractivity contribution in [1.82, 2.24) is 4.98 Å². The Morgan fingerprint density at radius 2 is 1.48 bits per heavy atom. The largest absolute Gasteiger partial charge is 0.481 e. The summed E-state index contributed by atoms with van der Waals surface area (Å²) in [5.74, 6) is -0.428. The van der Waals surface area contributed by atoms with Crippen molar-refractivity contribution in [2.45, 2.75) is 18.3 Å². The number of carboxylic acid groups (broad SMARTS) is 2. The van der Waals surface area contributed by atoms with E-state index in [0.717, 1.165) is 27.1 Å². The van der Waals surface area contributed by atoms with Gasteiger partial charge in [0.15, 0.2) is 5.82 Å². The van der Waals surface area contributed by atoms with Crippen molar-refractivity contribution >= 4 is 29.2 Å². The Kier molecular flexibility index (Phi) is 4.16. The number of benzene rings is 2. The van der Waals surface area contributed by atoms with Crippen LogP contribution < -0.4 is 5.32 Å². The van der Waals surface area contributed by atoms with Crippen molar-refractivity contribution in [3.63, 3.8) is 0 Å². The predicted molar refractivity (Wildman–Crippen MR) is 103 cm³/mol. The van der Waals surface area contributed by atoms with E-state index in [2.05, 4.69) is 10.3 Å². The van der Waals surface area contributed by atoms with Crippen LogP contribution in [0.4, 0.5) is 10.6 Å². The number of anilines is 1. The number of aromatic nitrogens is 1. The van der Waals surface area contributed by atoms with E-state index in [1.807, 2.05) is 48.5 Å². The quantitative estimate of drug-likeness (QED) is 0.597. The number of amides is 1. The minimum atomic E-state index is -1.14. The van der Waals surface area contributed by atoms with Gasteiger partial charge in [-0.1, -0.05) is 48.5 Å². The van der Waals surface area contributed by atoms with Gasteiger partial charge in [-0.15, -0.1) is 11.3 Å². The van der Waals surface area contributed by atoms with Crippen LogP contribution in [0.2, 0.25) is 0 Å². The lowest BCUT2D eigenvalue weighted by molar-refractivity contribution is -0.140. The SMILES string of the molecule is O=C(O)Nc1ncsc1-c1ccc(-c2ccc(C3(C(=O)O)CC3)cc2)cc1. The van der Waals surface area contributed by atoms with E-state index in [9.17, 15) is 14.7 Å². The van der Waals surface area contributed by atoms with Gasteiger partial charge in [0.25, 0.3) is 0 Å². The molecule has 27 heavy (non-hydrogen) atoms. The number of carbonyl (C=O) groups is 2. The normalized spacial score (nSPS) is 14.5. The number of thiazole rings is 1. The third-order valence-corrected chi connectivity index (χ3v) is 5.75. The van der Waals surface area contributed by atoms with Crippen molar-refractivity contribution in [3.8, 4) is 21.6 Å². The van der Waals surface area contributed by atoms with Crippen LogP contribution in [0.3, 0.4) is 0 Å². The number of hydrogen-bond acceptors (Lipinski definition) is 4. The second-order valence-electron chi connectivity index (χ2n) is 6.50. The van der Waals surface area contributed by atoms with Gasteiger partial charge in [0, 0.05) is 0 Å². The van der Waals surface area contributed by atoms with Crippen molar-refractivity contribution < 1.29 is 19.8 Å². The van der Waals surface area contributed by atoms with E-state index in [4.69, 9.17) is 5.11 Å². The van der Waals surface area contributed by atoms with Crippen molar-refractivity contribution in [3.05, 3.63) is 59.6 Å². The summed E-state index contributed by atoms with van der Waals surface area (Å²) in [4.78, 5) is 27.1. The molecule has 1 heterocycles. The van der Waals surface area contributed by atoms with E-state index in [0.29, 0.717) is 18.7 Å². The zero-order valence-electron chi connectivity index (χ0n) is 14.2. The molecule has 1 aliphatic carbocycles. The molecule has 0 saturated heterocycles. The molecule has 3 aromatic rings. The summed E-state index contributed by atoms with van der Waals surface area (Å²) < 4.78 is 0. The molecule has 0 spiro atoms. The molecular formula is C20H16N2O4S. The van der Waals surface area contributed by atoms with Gasteiger partial charge in [-0.2, -0.15) is 0 Å². The fourth-order valence-electron chi connectivity index (χ4n) is 3.19. The van der Waals surface area contributed by atoms with Crippen molar-refractivity contribution in [1.29, 1.82) is 0 Å². The number of carboxylic acids is 1. The van der Waals surface area contributed by atoms with Crippen LogP contribution in [0.1, 0.15) is 18.4 Å². The molecule has 136 valence electrons. The summed E-state index contributed by atoms with van der Waals surface area (Å²) in [5, 5.41) is 20.6. The summed E-state index contributed by atoms with van der Waals surface area (Å²) >= 11 is 1.37. The summed E-state index contributed by atoms with van der Waals surface area (Å²) in [5.41, 5.74) is 4.64. The van der Waals surface area contributed by atoms with Crippen LogP contribution in [0.25, 0.3) is 21.6 Å². The van der Waals surface area contributed by atoms with Gasteiger partial charge in [0.05, 0.1) is 15.8 Å². The Morgan fingerprint density at radius 3 is 2.00 bits per heavy atom. The molecule has 1 saturated carbocycles. The maximum atomic E-state index is 11.4. The molecule has 3 N–H and O–H groups in total. The maximum Gasteiger partial charge on any atom is 0.410 e. The van der Waals surface area contributed by atoms with E-state index < -0.39 is 17.5 Å². The molecule has 0 bridgehead atoms. The lowest BCUT2D eigenvalue weighted by Gasteiger charge is -2.11. The fraction of sp³-hybridized carbons (Fsp3) is 0.150. The van der Waals surface area contributed by atoms with Crippen LogP contribution in [0, 0.1) is 0 Å². The summed E-state index contributed by atoms with van der Waals surface area (Å²) in [6, 6.07) is 15.4. The molecule has 6 nitrogen and oxygen atoms in total. The molecule has 1 fully saturated rings. The van der Waals surface area contributed by atoms with Gasteiger partial charge < -0.3 is 10.2 Å². The van der Waals surface area contributed by atoms with Crippen molar-refractivity contribution in [2.75, 3.05) is 5.32 Å². The molecule has 2 aromatic carbocycles. The van der Waals surface area contributed by atoms with Crippen LogP contribution >= 0.6 is 11.3 Å². The predicted octanol–water partition coefficient (Wildman–Crippen LogP) is 4.68. The van der Waals surface area contributed by atoms with Gasteiger partial charge in [0.2, 0.25) is 0 Å². The molecule has 0 aliphatic heterocycles. The number of aliphatic carboxylic acids is 1. The minimum Gasteiger partial charge on any atom is -0.481 e. The fourth-order valence-corrected chi connectivity index (χ4v) is 3.94. The average molecular weight is 380 g/mol.